The van der Waals surface area contributed by atoms with Crippen LogP contribution < -0.4 is 10.6 Å². The molecular weight excluding hydrogens is 457 g/mol. The van der Waals surface area contributed by atoms with Crippen molar-refractivity contribution in [2.24, 2.45) is 0 Å². The number of hydrogen-bond donors (Lipinski definition) is 2. The lowest BCUT2D eigenvalue weighted by Gasteiger charge is -2.09. The maximum Gasteiger partial charge on any atom is 0.257 e. The number of rotatable bonds is 3. The first-order valence-electron chi connectivity index (χ1n) is 8.53. The molecule has 0 aliphatic heterocycles. The maximum atomic E-state index is 14.0. The van der Waals surface area contributed by atoms with Gasteiger partial charge in [0.25, 0.3) is 5.91 Å². The number of thiocarbonyl (C=S) groups is 1. The van der Waals surface area contributed by atoms with Gasteiger partial charge in [0.05, 0.1) is 5.56 Å². The molecule has 8 heteroatoms. The molecule has 4 rings (SSSR count). The average Bonchev–Trinajstić information content (AvgIpc) is 3.11. The summed E-state index contributed by atoms with van der Waals surface area (Å²) in [6, 6.07) is 18.3. The zero-order chi connectivity index (χ0) is 20.4. The molecule has 144 valence electrons. The molecule has 0 saturated heterocycles. The Bertz CT molecular complexity index is 1220. The number of hydrogen-bond acceptors (Lipinski definition) is 4. The maximum absolute atomic E-state index is 14.0. The lowest BCUT2D eigenvalue weighted by atomic mass is 10.2. The third-order valence-electron chi connectivity index (χ3n) is 4.08. The minimum atomic E-state index is -0.408. The molecule has 1 amide bonds. The minimum Gasteiger partial charge on any atom is -0.436 e. The first-order chi connectivity index (χ1) is 14.0. The summed E-state index contributed by atoms with van der Waals surface area (Å²) < 4.78 is 20.5. The number of fused-ring (bicyclic) bond motifs is 1. The molecule has 3 aromatic carbocycles. The number of carbonyl (C=O) groups excluding carboxylic acids is 1. The van der Waals surface area contributed by atoms with Gasteiger partial charge in [0.1, 0.15) is 11.3 Å². The summed E-state index contributed by atoms with van der Waals surface area (Å²) in [6.45, 7) is 0. The van der Waals surface area contributed by atoms with Gasteiger partial charge in [-0.3, -0.25) is 10.1 Å². The first-order valence-corrected chi connectivity index (χ1v) is 9.73. The molecule has 0 aliphatic rings. The van der Waals surface area contributed by atoms with E-state index in [-0.39, 0.29) is 22.5 Å². The number of carbonyl (C=O) groups is 1. The highest BCUT2D eigenvalue weighted by atomic mass is 79.9. The first kappa shape index (κ1) is 19.2. The molecule has 0 saturated carbocycles. The van der Waals surface area contributed by atoms with Crippen LogP contribution in [-0.2, 0) is 0 Å². The predicted molar refractivity (Wildman–Crippen MR) is 117 cm³/mol. The normalized spacial score (nSPS) is 10.7. The molecule has 4 aromatic rings. The molecule has 1 heterocycles. The SMILES string of the molecule is O=C(NC(=S)Nc1ccc2oc(-c3ccccc3F)nc2c1)c1ccc(Br)cc1. The van der Waals surface area contributed by atoms with E-state index < -0.39 is 5.82 Å². The van der Waals surface area contributed by atoms with E-state index in [9.17, 15) is 9.18 Å². The lowest BCUT2D eigenvalue weighted by Crippen LogP contribution is -2.34. The summed E-state index contributed by atoms with van der Waals surface area (Å²) in [4.78, 5) is 16.6. The molecule has 2 N–H and O–H groups in total. The van der Waals surface area contributed by atoms with Crippen molar-refractivity contribution in [3.8, 4) is 11.5 Å². The Morgan fingerprint density at radius 2 is 1.83 bits per heavy atom. The highest BCUT2D eigenvalue weighted by Crippen LogP contribution is 2.27. The molecule has 1 aromatic heterocycles. The molecule has 0 atom stereocenters. The third kappa shape index (κ3) is 4.33. The molecule has 29 heavy (non-hydrogen) atoms. The lowest BCUT2D eigenvalue weighted by molar-refractivity contribution is 0.0977. The van der Waals surface area contributed by atoms with Gasteiger partial charge in [-0.15, -0.1) is 0 Å². The Labute approximate surface area is 179 Å². The van der Waals surface area contributed by atoms with E-state index in [0.29, 0.717) is 22.4 Å². The molecular formula is C21H13BrFN3O2S. The molecule has 0 radical (unpaired) electrons. The smallest absolute Gasteiger partial charge is 0.257 e. The van der Waals surface area contributed by atoms with E-state index in [1.165, 1.54) is 6.07 Å². The number of nitrogens with zero attached hydrogens (tertiary/aromatic N) is 1. The van der Waals surface area contributed by atoms with Crippen molar-refractivity contribution in [2.45, 2.75) is 0 Å². The fourth-order valence-electron chi connectivity index (χ4n) is 2.69. The minimum absolute atomic E-state index is 0.148. The molecule has 0 spiro atoms. The number of aromatic nitrogens is 1. The van der Waals surface area contributed by atoms with E-state index >= 15 is 0 Å². The zero-order valence-corrected chi connectivity index (χ0v) is 17.2. The zero-order valence-electron chi connectivity index (χ0n) is 14.8. The number of benzene rings is 3. The summed E-state index contributed by atoms with van der Waals surface area (Å²) in [5.74, 6) is -0.532. The largest absolute Gasteiger partial charge is 0.436 e. The fraction of sp³-hybridized carbons (Fsp3) is 0. The van der Waals surface area contributed by atoms with Gasteiger partial charge in [0, 0.05) is 15.7 Å². The highest BCUT2D eigenvalue weighted by Gasteiger charge is 2.13. The van der Waals surface area contributed by atoms with Crippen LogP contribution in [0.4, 0.5) is 10.1 Å². The molecule has 0 aliphatic carbocycles. The van der Waals surface area contributed by atoms with Crippen LogP contribution in [0.15, 0.2) is 75.6 Å². The van der Waals surface area contributed by atoms with E-state index in [1.807, 2.05) is 0 Å². The Kier molecular flexibility index (Phi) is 5.37. The highest BCUT2D eigenvalue weighted by molar-refractivity contribution is 9.10. The van der Waals surface area contributed by atoms with Crippen molar-refractivity contribution in [2.75, 3.05) is 5.32 Å². The second-order valence-corrected chi connectivity index (χ2v) is 7.42. The van der Waals surface area contributed by atoms with Crippen LogP contribution in [0.25, 0.3) is 22.6 Å². The van der Waals surface area contributed by atoms with Gasteiger partial charge in [-0.1, -0.05) is 28.1 Å². The van der Waals surface area contributed by atoms with Crippen LogP contribution in [0, 0.1) is 5.82 Å². The van der Waals surface area contributed by atoms with Gasteiger partial charge < -0.3 is 9.73 Å². The van der Waals surface area contributed by atoms with Crippen molar-refractivity contribution in [1.82, 2.24) is 10.3 Å². The Hall–Kier alpha value is -3.10. The predicted octanol–water partition coefficient (Wildman–Crippen LogP) is 5.52. The molecule has 0 fully saturated rings. The Balaban J connectivity index is 1.49. The standard InChI is InChI=1S/C21H13BrFN3O2S/c22-13-7-5-12(6-8-13)19(27)26-21(29)24-14-9-10-18-17(11-14)25-20(28-18)15-3-1-2-4-16(15)23/h1-11H,(H2,24,26,27,29). The van der Waals surface area contributed by atoms with E-state index in [4.69, 9.17) is 16.6 Å². The Morgan fingerprint density at radius 3 is 2.59 bits per heavy atom. The second-order valence-electron chi connectivity index (χ2n) is 6.10. The summed E-state index contributed by atoms with van der Waals surface area (Å²) >= 11 is 8.54. The number of halogens is 2. The number of anilines is 1. The van der Waals surface area contributed by atoms with Crippen LogP contribution in [0.1, 0.15) is 10.4 Å². The molecule has 0 bridgehead atoms. The van der Waals surface area contributed by atoms with Gasteiger partial charge in [-0.05, 0) is 66.8 Å². The quantitative estimate of drug-likeness (QED) is 0.386. The monoisotopic (exact) mass is 469 g/mol. The van der Waals surface area contributed by atoms with Crippen LogP contribution in [-0.4, -0.2) is 16.0 Å². The van der Waals surface area contributed by atoms with Crippen molar-refractivity contribution < 1.29 is 13.6 Å². The number of oxazole rings is 1. The van der Waals surface area contributed by atoms with Crippen LogP contribution in [0.3, 0.4) is 0 Å². The van der Waals surface area contributed by atoms with Crippen LogP contribution in [0.5, 0.6) is 0 Å². The third-order valence-corrected chi connectivity index (χ3v) is 4.82. The van der Waals surface area contributed by atoms with Gasteiger partial charge in [0.2, 0.25) is 5.89 Å². The van der Waals surface area contributed by atoms with E-state index in [2.05, 4.69) is 31.5 Å². The van der Waals surface area contributed by atoms with E-state index in [0.717, 1.165) is 4.47 Å². The van der Waals surface area contributed by atoms with Crippen molar-refractivity contribution >= 4 is 56.0 Å². The molecule has 0 unspecified atom stereocenters. The fourth-order valence-corrected chi connectivity index (χ4v) is 3.17. The summed E-state index contributed by atoms with van der Waals surface area (Å²) in [5.41, 5.74) is 2.44. The van der Waals surface area contributed by atoms with Gasteiger partial charge in [-0.25, -0.2) is 9.37 Å². The number of amides is 1. The van der Waals surface area contributed by atoms with Gasteiger partial charge in [0.15, 0.2) is 10.7 Å². The second kappa shape index (κ2) is 8.10. The van der Waals surface area contributed by atoms with Gasteiger partial charge >= 0.3 is 0 Å². The van der Waals surface area contributed by atoms with Crippen LogP contribution >= 0.6 is 28.1 Å². The van der Waals surface area contributed by atoms with Gasteiger partial charge in [-0.2, -0.15) is 0 Å². The summed E-state index contributed by atoms with van der Waals surface area (Å²) in [7, 11) is 0. The topological polar surface area (TPSA) is 67.2 Å². The average molecular weight is 470 g/mol. The van der Waals surface area contributed by atoms with E-state index in [1.54, 1.807) is 60.7 Å². The molecule has 5 nitrogen and oxygen atoms in total. The van der Waals surface area contributed by atoms with Crippen molar-refractivity contribution in [3.63, 3.8) is 0 Å². The van der Waals surface area contributed by atoms with Crippen molar-refractivity contribution in [1.29, 1.82) is 0 Å². The van der Waals surface area contributed by atoms with Crippen LogP contribution in [0.2, 0.25) is 0 Å². The number of nitrogens with one attached hydrogen (secondary N) is 2. The summed E-state index contributed by atoms with van der Waals surface area (Å²) in [6.07, 6.45) is 0. The summed E-state index contributed by atoms with van der Waals surface area (Å²) in [5, 5.41) is 5.71. The Morgan fingerprint density at radius 1 is 1.07 bits per heavy atom. The van der Waals surface area contributed by atoms with Crippen molar-refractivity contribution in [3.05, 3.63) is 82.6 Å².